The summed E-state index contributed by atoms with van der Waals surface area (Å²) in [4.78, 5) is 44.3. The third kappa shape index (κ3) is 6.33. The van der Waals surface area contributed by atoms with Crippen LogP contribution in [0.15, 0.2) is 55.0 Å². The summed E-state index contributed by atoms with van der Waals surface area (Å²) in [5.41, 5.74) is 6.00. The van der Waals surface area contributed by atoms with E-state index in [0.717, 1.165) is 72.4 Å². The molecule has 0 spiro atoms. The number of benzene rings is 1. The van der Waals surface area contributed by atoms with Gasteiger partial charge in [-0.3, -0.25) is 19.5 Å². The highest BCUT2D eigenvalue weighted by atomic mass is 35.5. The smallest absolute Gasteiger partial charge is 0.336 e. The van der Waals surface area contributed by atoms with Gasteiger partial charge >= 0.3 is 5.82 Å². The van der Waals surface area contributed by atoms with Gasteiger partial charge in [0.05, 0.1) is 6.61 Å². The van der Waals surface area contributed by atoms with Crippen LogP contribution in [-0.2, 0) is 16.1 Å². The highest BCUT2D eigenvalue weighted by molar-refractivity contribution is 6.30. The molecular weight excluding hydrogens is 592 g/mol. The molecule has 3 aliphatic heterocycles. The molecule has 4 aromatic rings. The number of halogens is 1. The normalized spacial score (nSPS) is 20.8. The first-order chi connectivity index (χ1) is 21.9. The van der Waals surface area contributed by atoms with E-state index in [-0.39, 0.29) is 17.9 Å². The first-order valence-electron chi connectivity index (χ1n) is 15.5. The maximum absolute atomic E-state index is 13.1. The van der Waals surface area contributed by atoms with E-state index in [0.29, 0.717) is 37.2 Å². The van der Waals surface area contributed by atoms with Crippen molar-refractivity contribution in [3.8, 4) is 11.3 Å². The zero-order valence-corrected chi connectivity index (χ0v) is 25.9. The Morgan fingerprint density at radius 2 is 2.02 bits per heavy atom. The molecule has 2 unspecified atom stereocenters. The van der Waals surface area contributed by atoms with Gasteiger partial charge < -0.3 is 20.4 Å². The molecule has 1 fully saturated rings. The van der Waals surface area contributed by atoms with E-state index in [9.17, 15) is 9.59 Å². The molecule has 1 saturated heterocycles. The average Bonchev–Trinajstić information content (AvgIpc) is 3.59. The molecule has 0 saturated carbocycles. The van der Waals surface area contributed by atoms with Gasteiger partial charge in [-0.25, -0.2) is 4.58 Å². The molecule has 45 heavy (non-hydrogen) atoms. The summed E-state index contributed by atoms with van der Waals surface area (Å²) >= 11 is 5.93. The lowest BCUT2D eigenvalue weighted by molar-refractivity contribution is -0.492. The number of ether oxygens (including phenoxy) is 1. The summed E-state index contributed by atoms with van der Waals surface area (Å²) in [6.45, 7) is 5.38. The standard InChI is InChI=1S/C33H35ClN8O3/c1-20(34)32(43)39-24-3-2-12-41(16-24)15-21-10-11-35-29(13-21)33(44)38-23-6-4-22(5-7-23)28-14-27-30(40-28)36-19-37-31(27)42-25-8-9-26(42)18-45-17-25/h4-7,10-11,13-14,19-20,24-25H,2-3,8-9,12,15-18H2,1H3,(H2-,35,36,37,38,39,40,43,44)/p+1/t20?,24-,25?/m1/s1. The zero-order valence-electron chi connectivity index (χ0n) is 25.1. The van der Waals surface area contributed by atoms with Crippen molar-refractivity contribution in [2.75, 3.05) is 31.6 Å². The number of hydrogen-bond donors (Lipinski definition) is 3. The molecular formula is C33H36ClN8O3+. The van der Waals surface area contributed by atoms with Crippen LogP contribution in [0.2, 0.25) is 0 Å². The van der Waals surface area contributed by atoms with Gasteiger partial charge in [-0.2, -0.15) is 4.98 Å². The molecule has 3 N–H and O–H groups in total. The lowest BCUT2D eigenvalue weighted by Gasteiger charge is -2.33. The van der Waals surface area contributed by atoms with E-state index in [1.165, 1.54) is 5.71 Å². The van der Waals surface area contributed by atoms with E-state index < -0.39 is 5.38 Å². The third-order valence-electron chi connectivity index (χ3n) is 8.81. The van der Waals surface area contributed by atoms with E-state index in [1.54, 1.807) is 19.4 Å². The summed E-state index contributed by atoms with van der Waals surface area (Å²) < 4.78 is 8.07. The van der Waals surface area contributed by atoms with Crippen molar-refractivity contribution in [3.63, 3.8) is 0 Å². The number of anilines is 1. The van der Waals surface area contributed by atoms with Gasteiger partial charge in [0, 0.05) is 43.1 Å². The number of aromatic nitrogens is 4. The van der Waals surface area contributed by atoms with E-state index >= 15 is 0 Å². The molecule has 2 bridgehead atoms. The number of pyridine rings is 1. The zero-order chi connectivity index (χ0) is 30.9. The molecule has 232 valence electrons. The topological polar surface area (TPSA) is 128 Å². The molecule has 3 aliphatic rings. The molecule has 0 radical (unpaired) electrons. The minimum absolute atomic E-state index is 0.0678. The number of piperidine rings is 1. The van der Waals surface area contributed by atoms with Crippen LogP contribution in [0.1, 0.15) is 48.7 Å². The van der Waals surface area contributed by atoms with Crippen molar-refractivity contribution in [2.45, 2.75) is 56.6 Å². The summed E-state index contributed by atoms with van der Waals surface area (Å²) in [5, 5.41) is 6.43. The predicted octanol–water partition coefficient (Wildman–Crippen LogP) is 4.26. The monoisotopic (exact) mass is 627 g/mol. The number of amides is 2. The minimum Gasteiger partial charge on any atom is -0.369 e. The number of H-pyrrole nitrogens is 1. The van der Waals surface area contributed by atoms with E-state index in [4.69, 9.17) is 16.3 Å². The maximum Gasteiger partial charge on any atom is 0.336 e. The number of alkyl halides is 1. The van der Waals surface area contributed by atoms with Gasteiger partial charge in [0.2, 0.25) is 12.2 Å². The van der Waals surface area contributed by atoms with Crippen molar-refractivity contribution >= 4 is 51.7 Å². The summed E-state index contributed by atoms with van der Waals surface area (Å²) in [5.74, 6) is 0.515. The number of carbonyl (C=O) groups excluding carboxylic acids is 2. The van der Waals surface area contributed by atoms with Gasteiger partial charge in [-0.1, -0.05) is 12.1 Å². The largest absolute Gasteiger partial charge is 0.369 e. The lowest BCUT2D eigenvalue weighted by Crippen LogP contribution is -2.48. The number of likely N-dealkylation sites (tertiary alicyclic amines) is 1. The molecule has 12 heteroatoms. The Kier molecular flexibility index (Phi) is 8.31. The Morgan fingerprint density at radius 3 is 2.84 bits per heavy atom. The van der Waals surface area contributed by atoms with Crippen LogP contribution in [0.25, 0.3) is 22.3 Å². The summed E-state index contributed by atoms with van der Waals surface area (Å²) in [6.07, 6.45) is 7.31. The highest BCUT2D eigenvalue weighted by Gasteiger charge is 2.37. The number of fused-ring (bicyclic) bond motifs is 2. The van der Waals surface area contributed by atoms with Crippen molar-refractivity contribution in [1.29, 1.82) is 0 Å². The van der Waals surface area contributed by atoms with Crippen LogP contribution >= 0.6 is 11.6 Å². The molecule has 1 aromatic carbocycles. The number of nitrogens with one attached hydrogen (secondary N) is 3. The van der Waals surface area contributed by atoms with Crippen LogP contribution in [0.3, 0.4) is 0 Å². The van der Waals surface area contributed by atoms with Crippen LogP contribution in [0.5, 0.6) is 0 Å². The third-order valence-corrected chi connectivity index (χ3v) is 9.01. The van der Waals surface area contributed by atoms with Gasteiger partial charge in [-0.15, -0.1) is 11.6 Å². The Hall–Kier alpha value is -4.19. The maximum atomic E-state index is 13.1. The van der Waals surface area contributed by atoms with E-state index in [1.807, 2.05) is 36.4 Å². The quantitative estimate of drug-likeness (QED) is 0.197. The predicted molar refractivity (Wildman–Crippen MR) is 172 cm³/mol. The fourth-order valence-corrected chi connectivity index (χ4v) is 6.63. The second-order valence-corrected chi connectivity index (χ2v) is 12.7. The van der Waals surface area contributed by atoms with Crippen LogP contribution in [0, 0.1) is 0 Å². The molecule has 3 aromatic heterocycles. The van der Waals surface area contributed by atoms with Gasteiger partial charge in [0.15, 0.2) is 0 Å². The Morgan fingerprint density at radius 1 is 1.16 bits per heavy atom. The highest BCUT2D eigenvalue weighted by Crippen LogP contribution is 2.33. The molecule has 11 nitrogen and oxygen atoms in total. The van der Waals surface area contributed by atoms with Crippen LogP contribution in [-0.4, -0.2) is 90.7 Å². The number of rotatable bonds is 8. The van der Waals surface area contributed by atoms with E-state index in [2.05, 4.69) is 46.1 Å². The SMILES string of the molecule is CC(Cl)C(=O)N[C@@H]1CCCN(Cc2ccnc(C(=O)Nc3ccc(-c4cc5c([N+]6=C7CCC6COC7)ncnc5[nH]4)cc3)c2)C1. The molecule has 7 rings (SSSR count). The first kappa shape index (κ1) is 29.5. The van der Waals surface area contributed by atoms with Crippen LogP contribution < -0.4 is 10.6 Å². The lowest BCUT2D eigenvalue weighted by atomic mass is 10.0. The van der Waals surface area contributed by atoms with Gasteiger partial charge in [0.1, 0.15) is 40.5 Å². The molecule has 2 amide bonds. The fraction of sp³-hybridized carbons (Fsp3) is 0.394. The minimum atomic E-state index is -0.551. The Bertz CT molecular complexity index is 1770. The molecule has 6 heterocycles. The van der Waals surface area contributed by atoms with Crippen molar-refractivity contribution in [1.82, 2.24) is 30.2 Å². The second kappa shape index (κ2) is 12.7. The number of hydrogen-bond acceptors (Lipinski definition) is 7. The first-order valence-corrected chi connectivity index (χ1v) is 15.9. The number of aromatic amines is 1. The summed E-state index contributed by atoms with van der Waals surface area (Å²) in [7, 11) is 0. The van der Waals surface area contributed by atoms with Gasteiger partial charge in [-0.05, 0) is 79.2 Å². The van der Waals surface area contributed by atoms with Crippen LogP contribution in [0.4, 0.5) is 11.5 Å². The summed E-state index contributed by atoms with van der Waals surface area (Å²) in [6, 6.07) is 14.0. The average molecular weight is 628 g/mol. The Balaban J connectivity index is 1.01. The molecule has 0 aliphatic carbocycles. The van der Waals surface area contributed by atoms with Crippen molar-refractivity contribution in [2.24, 2.45) is 0 Å². The molecule has 3 atom stereocenters. The second-order valence-electron chi connectivity index (χ2n) is 12.1. The number of carbonyl (C=O) groups is 2. The van der Waals surface area contributed by atoms with Gasteiger partial charge in [0.25, 0.3) is 5.91 Å². The van der Waals surface area contributed by atoms with Crippen molar-refractivity contribution in [3.05, 3.63) is 66.2 Å². The van der Waals surface area contributed by atoms with Crippen molar-refractivity contribution < 1.29 is 18.9 Å². The number of nitrogens with zero attached hydrogens (tertiary/aromatic N) is 5. The Labute approximate surface area is 266 Å². The fourth-order valence-electron chi connectivity index (χ4n) is 6.57.